The minimum atomic E-state index is -1.35. The second-order valence-corrected chi connectivity index (χ2v) is 14.4. The molecule has 2 aromatic rings. The van der Waals surface area contributed by atoms with Gasteiger partial charge in [0.2, 0.25) is 0 Å². The molecule has 0 unspecified atom stereocenters. The molecule has 182 valence electrons. The van der Waals surface area contributed by atoms with E-state index >= 15 is 0 Å². The second-order valence-electron chi connectivity index (χ2n) is 12.0. The minimum absolute atomic E-state index is 0.0789. The maximum atomic E-state index is 14.2. The summed E-state index contributed by atoms with van der Waals surface area (Å²) in [5.74, 6) is 0.665. The Bertz CT molecular complexity index is 1230. The molecule has 0 radical (unpaired) electrons. The van der Waals surface area contributed by atoms with Gasteiger partial charge in [0.15, 0.2) is 9.04 Å². The number of nitriles is 1. The molecule has 0 saturated heterocycles. The van der Waals surface area contributed by atoms with Crippen LogP contribution in [0.15, 0.2) is 35.3 Å². The number of nitrogens with zero attached hydrogens (tertiary/aromatic N) is 2. The molecule has 6 heteroatoms. The minimum Gasteiger partial charge on any atom is -0.483 e. The first-order valence-electron chi connectivity index (χ1n) is 11.9. The van der Waals surface area contributed by atoms with Gasteiger partial charge in [-0.3, -0.25) is 9.36 Å². The van der Waals surface area contributed by atoms with E-state index in [4.69, 9.17) is 9.16 Å². The van der Waals surface area contributed by atoms with Crippen molar-refractivity contribution in [1.82, 2.24) is 4.57 Å². The molecule has 0 atom stereocenters. The SMILES string of the molecule is C[SiH](C)OCc1c(C(C)(C)C)c(C(C)(C)C)cn(C2=CC(C)(C)Oc3ccc(C#N)cc32)c1=O. The fourth-order valence-electron chi connectivity index (χ4n) is 4.46. The maximum absolute atomic E-state index is 14.2. The van der Waals surface area contributed by atoms with Crippen LogP contribution in [0.4, 0.5) is 0 Å². The molecule has 5 nitrogen and oxygen atoms in total. The number of rotatable bonds is 4. The van der Waals surface area contributed by atoms with E-state index < -0.39 is 14.6 Å². The second kappa shape index (κ2) is 8.87. The van der Waals surface area contributed by atoms with Gasteiger partial charge in [0.1, 0.15) is 11.4 Å². The molecule has 0 saturated carbocycles. The summed E-state index contributed by atoms with van der Waals surface area (Å²) in [7, 11) is -1.35. The van der Waals surface area contributed by atoms with Crippen LogP contribution >= 0.6 is 0 Å². The summed E-state index contributed by atoms with van der Waals surface area (Å²) < 4.78 is 14.1. The van der Waals surface area contributed by atoms with Gasteiger partial charge in [0.25, 0.3) is 5.56 Å². The molecular formula is C28H38N2O3Si. The average molecular weight is 479 g/mol. The number of ether oxygens (including phenoxy) is 1. The topological polar surface area (TPSA) is 64.2 Å². The fourth-order valence-corrected chi connectivity index (χ4v) is 4.96. The van der Waals surface area contributed by atoms with Crippen LogP contribution in [-0.4, -0.2) is 19.2 Å². The lowest BCUT2D eigenvalue weighted by Crippen LogP contribution is -2.37. The molecule has 1 aromatic heterocycles. The number of hydrogen-bond acceptors (Lipinski definition) is 4. The van der Waals surface area contributed by atoms with Crippen molar-refractivity contribution < 1.29 is 9.16 Å². The van der Waals surface area contributed by atoms with E-state index in [0.717, 1.165) is 22.4 Å². The van der Waals surface area contributed by atoms with Crippen LogP contribution in [0.5, 0.6) is 5.75 Å². The van der Waals surface area contributed by atoms with Crippen molar-refractivity contribution in [3.05, 3.63) is 68.6 Å². The first kappa shape index (κ1) is 26.0. The van der Waals surface area contributed by atoms with Crippen molar-refractivity contribution in [2.75, 3.05) is 0 Å². The molecule has 0 amide bonds. The summed E-state index contributed by atoms with van der Waals surface area (Å²) in [6.07, 6.45) is 3.97. The first-order valence-corrected chi connectivity index (χ1v) is 14.7. The van der Waals surface area contributed by atoms with Gasteiger partial charge >= 0.3 is 0 Å². The quantitative estimate of drug-likeness (QED) is 0.515. The Hall–Kier alpha value is -2.62. The molecule has 0 N–H and O–H groups in total. The Balaban J connectivity index is 2.44. The molecule has 0 fully saturated rings. The van der Waals surface area contributed by atoms with Gasteiger partial charge in [-0.1, -0.05) is 41.5 Å². The molecule has 1 aromatic carbocycles. The standard InChI is InChI=1S/C28H38N2O3Si/c1-26(2,3)21-16-30(25(31)20(17-32-34(9)10)24(21)27(4,5)6)22-14-28(7,8)33-23-12-11-18(15-29)13-19(22)23/h11-14,16,34H,17H2,1-10H3. The van der Waals surface area contributed by atoms with Crippen LogP contribution in [0.2, 0.25) is 13.1 Å². The van der Waals surface area contributed by atoms with Crippen molar-refractivity contribution in [3.8, 4) is 11.8 Å². The predicted molar refractivity (Wildman–Crippen MR) is 141 cm³/mol. The summed E-state index contributed by atoms with van der Waals surface area (Å²) in [5.41, 5.74) is 3.79. The van der Waals surface area contributed by atoms with E-state index in [1.807, 2.05) is 32.2 Å². The lowest BCUT2D eigenvalue weighted by atomic mass is 9.74. The van der Waals surface area contributed by atoms with Crippen LogP contribution in [0.25, 0.3) is 5.70 Å². The molecule has 0 aliphatic carbocycles. The zero-order chi connectivity index (χ0) is 25.6. The smallest absolute Gasteiger partial charge is 0.260 e. The van der Waals surface area contributed by atoms with Crippen LogP contribution in [0.3, 0.4) is 0 Å². The highest BCUT2D eigenvalue weighted by Crippen LogP contribution is 2.40. The van der Waals surface area contributed by atoms with Crippen LogP contribution in [-0.2, 0) is 21.9 Å². The van der Waals surface area contributed by atoms with E-state index in [0.29, 0.717) is 23.5 Å². The van der Waals surface area contributed by atoms with Crippen molar-refractivity contribution in [2.45, 2.75) is 91.5 Å². The van der Waals surface area contributed by atoms with E-state index in [2.05, 4.69) is 60.7 Å². The normalized spacial score (nSPS) is 15.4. The van der Waals surface area contributed by atoms with Crippen molar-refractivity contribution in [1.29, 1.82) is 5.26 Å². The highest BCUT2D eigenvalue weighted by Gasteiger charge is 2.34. The Kier molecular flexibility index (Phi) is 6.78. The zero-order valence-corrected chi connectivity index (χ0v) is 23.4. The van der Waals surface area contributed by atoms with E-state index in [1.165, 1.54) is 0 Å². The highest BCUT2D eigenvalue weighted by atomic mass is 28.3. The molecular weight excluding hydrogens is 440 g/mol. The fraction of sp³-hybridized carbons (Fsp3) is 0.500. The lowest BCUT2D eigenvalue weighted by molar-refractivity contribution is 0.157. The number of fused-ring (bicyclic) bond motifs is 1. The molecule has 1 aliphatic rings. The van der Waals surface area contributed by atoms with Gasteiger partial charge in [0.05, 0.1) is 23.9 Å². The third kappa shape index (κ3) is 5.21. The summed E-state index contributed by atoms with van der Waals surface area (Å²) in [4.78, 5) is 14.2. The number of hydrogen-bond donors (Lipinski definition) is 0. The Labute approximate surface area is 205 Å². The summed E-state index contributed by atoms with van der Waals surface area (Å²) in [6.45, 7) is 21.5. The van der Waals surface area contributed by atoms with Crippen molar-refractivity contribution in [2.24, 2.45) is 0 Å². The molecule has 3 rings (SSSR count). The molecule has 2 heterocycles. The first-order chi connectivity index (χ1) is 15.5. The molecule has 34 heavy (non-hydrogen) atoms. The Morgan fingerprint density at radius 1 is 1.12 bits per heavy atom. The highest BCUT2D eigenvalue weighted by molar-refractivity contribution is 6.48. The molecule has 0 spiro atoms. The summed E-state index contributed by atoms with van der Waals surface area (Å²) >= 11 is 0. The maximum Gasteiger partial charge on any atom is 0.260 e. The van der Waals surface area contributed by atoms with Crippen molar-refractivity contribution >= 4 is 14.7 Å². The number of aromatic nitrogens is 1. The summed E-state index contributed by atoms with van der Waals surface area (Å²) in [6, 6.07) is 7.57. The monoisotopic (exact) mass is 478 g/mol. The van der Waals surface area contributed by atoms with E-state index in [-0.39, 0.29) is 16.4 Å². The Morgan fingerprint density at radius 3 is 2.29 bits per heavy atom. The predicted octanol–water partition coefficient (Wildman–Crippen LogP) is 5.88. The molecule has 0 bridgehead atoms. The van der Waals surface area contributed by atoms with Gasteiger partial charge in [0, 0.05) is 17.3 Å². The lowest BCUT2D eigenvalue weighted by Gasteiger charge is -2.35. The number of benzene rings is 1. The van der Waals surface area contributed by atoms with Crippen LogP contribution in [0.1, 0.15) is 83.2 Å². The Morgan fingerprint density at radius 2 is 1.76 bits per heavy atom. The number of pyridine rings is 1. The van der Waals surface area contributed by atoms with Crippen LogP contribution in [0, 0.1) is 11.3 Å². The molecule has 1 aliphatic heterocycles. The average Bonchev–Trinajstić information content (AvgIpc) is 2.69. The van der Waals surface area contributed by atoms with Gasteiger partial charge in [-0.05, 0) is 73.2 Å². The third-order valence-electron chi connectivity index (χ3n) is 5.93. The zero-order valence-electron chi connectivity index (χ0n) is 22.3. The van der Waals surface area contributed by atoms with E-state index in [1.54, 1.807) is 16.7 Å². The van der Waals surface area contributed by atoms with Gasteiger partial charge in [-0.15, -0.1) is 0 Å². The van der Waals surface area contributed by atoms with Gasteiger partial charge in [-0.25, -0.2) is 0 Å². The van der Waals surface area contributed by atoms with Crippen LogP contribution < -0.4 is 10.3 Å². The third-order valence-corrected chi connectivity index (χ3v) is 6.76. The summed E-state index contributed by atoms with van der Waals surface area (Å²) in [5, 5.41) is 9.50. The van der Waals surface area contributed by atoms with Gasteiger partial charge in [-0.2, -0.15) is 5.26 Å². The van der Waals surface area contributed by atoms with E-state index in [9.17, 15) is 10.1 Å². The van der Waals surface area contributed by atoms with Gasteiger partial charge < -0.3 is 9.16 Å². The van der Waals surface area contributed by atoms with Crippen molar-refractivity contribution in [3.63, 3.8) is 0 Å². The largest absolute Gasteiger partial charge is 0.483 e.